The molecule has 0 radical (unpaired) electrons. The van der Waals surface area contributed by atoms with E-state index < -0.39 is 0 Å². The van der Waals surface area contributed by atoms with E-state index in [1.807, 2.05) is 32.9 Å². The molecule has 0 aliphatic rings. The van der Waals surface area contributed by atoms with Crippen molar-refractivity contribution in [1.82, 2.24) is 5.32 Å². The minimum absolute atomic E-state index is 0.106. The molecule has 0 atom stereocenters. The zero-order valence-electron chi connectivity index (χ0n) is 15.9. The minimum atomic E-state index is -0.126. The van der Waals surface area contributed by atoms with E-state index in [1.165, 1.54) is 0 Å². The summed E-state index contributed by atoms with van der Waals surface area (Å²) in [5.74, 6) is -0.232. The standard InChI is InChI=1S/C22H24N2O3/c1-4-11-23-22(26)16-6-8-18(9-7-16)24-20(25)12-17-13-27-21-15(3)14(2)5-10-19(17)21/h5-10,13H,4,11-12H2,1-3H3,(H,23,26)(H,24,25). The maximum Gasteiger partial charge on any atom is 0.251 e. The van der Waals surface area contributed by atoms with Crippen LogP contribution in [-0.2, 0) is 11.2 Å². The molecule has 0 aliphatic heterocycles. The molecule has 0 saturated carbocycles. The van der Waals surface area contributed by atoms with Gasteiger partial charge >= 0.3 is 0 Å². The fourth-order valence-electron chi connectivity index (χ4n) is 2.95. The first kappa shape index (κ1) is 18.7. The van der Waals surface area contributed by atoms with Crippen LogP contribution in [0.2, 0.25) is 0 Å². The first-order valence-corrected chi connectivity index (χ1v) is 9.14. The third-order valence-corrected chi connectivity index (χ3v) is 4.66. The Morgan fingerprint density at radius 3 is 2.48 bits per heavy atom. The number of amides is 2. The van der Waals surface area contributed by atoms with E-state index in [-0.39, 0.29) is 18.2 Å². The van der Waals surface area contributed by atoms with Gasteiger partial charge < -0.3 is 15.1 Å². The summed E-state index contributed by atoms with van der Waals surface area (Å²) in [6.07, 6.45) is 2.77. The third kappa shape index (κ3) is 4.19. The maximum atomic E-state index is 12.4. The van der Waals surface area contributed by atoms with Gasteiger partial charge in [0.15, 0.2) is 0 Å². The lowest BCUT2D eigenvalue weighted by Crippen LogP contribution is -2.23. The summed E-state index contributed by atoms with van der Waals surface area (Å²) in [5, 5.41) is 6.66. The summed E-state index contributed by atoms with van der Waals surface area (Å²) in [6.45, 7) is 6.71. The average Bonchev–Trinajstić information content (AvgIpc) is 3.06. The van der Waals surface area contributed by atoms with Gasteiger partial charge in [-0.1, -0.05) is 19.1 Å². The number of hydrogen-bond donors (Lipinski definition) is 2. The van der Waals surface area contributed by atoms with Crippen LogP contribution < -0.4 is 10.6 Å². The van der Waals surface area contributed by atoms with Crippen molar-refractivity contribution in [1.29, 1.82) is 0 Å². The molecule has 0 aliphatic carbocycles. The van der Waals surface area contributed by atoms with E-state index in [0.717, 1.165) is 34.1 Å². The van der Waals surface area contributed by atoms with E-state index >= 15 is 0 Å². The lowest BCUT2D eigenvalue weighted by Gasteiger charge is -2.07. The molecular weight excluding hydrogens is 340 g/mol. The Labute approximate surface area is 158 Å². The number of nitrogens with one attached hydrogen (secondary N) is 2. The number of carbonyl (C=O) groups excluding carboxylic acids is 2. The average molecular weight is 364 g/mol. The first-order valence-electron chi connectivity index (χ1n) is 9.14. The van der Waals surface area contributed by atoms with Crippen LogP contribution >= 0.6 is 0 Å². The summed E-state index contributed by atoms with van der Waals surface area (Å²) in [6, 6.07) is 10.9. The number of aryl methyl sites for hydroxylation is 2. The Morgan fingerprint density at radius 1 is 1.04 bits per heavy atom. The van der Waals surface area contributed by atoms with Crippen LogP contribution in [-0.4, -0.2) is 18.4 Å². The minimum Gasteiger partial charge on any atom is -0.464 e. The molecule has 1 heterocycles. The van der Waals surface area contributed by atoms with E-state index in [1.54, 1.807) is 30.5 Å². The van der Waals surface area contributed by atoms with Gasteiger partial charge in [0.1, 0.15) is 5.58 Å². The van der Waals surface area contributed by atoms with Crippen LogP contribution in [0.4, 0.5) is 5.69 Å². The lowest BCUT2D eigenvalue weighted by molar-refractivity contribution is -0.115. The fraction of sp³-hybridized carbons (Fsp3) is 0.273. The second-order valence-electron chi connectivity index (χ2n) is 6.70. The summed E-state index contributed by atoms with van der Waals surface area (Å²) in [4.78, 5) is 24.3. The molecule has 2 aromatic carbocycles. The van der Waals surface area contributed by atoms with E-state index in [4.69, 9.17) is 4.42 Å². The second-order valence-corrected chi connectivity index (χ2v) is 6.70. The molecule has 5 heteroatoms. The molecule has 2 N–H and O–H groups in total. The molecule has 1 aromatic heterocycles. The van der Waals surface area contributed by atoms with Gasteiger partial charge in [0.05, 0.1) is 12.7 Å². The molecule has 27 heavy (non-hydrogen) atoms. The summed E-state index contributed by atoms with van der Waals surface area (Å²) >= 11 is 0. The van der Waals surface area contributed by atoms with Crippen molar-refractivity contribution in [3.63, 3.8) is 0 Å². The van der Waals surface area contributed by atoms with Crippen molar-refractivity contribution < 1.29 is 14.0 Å². The predicted molar refractivity (Wildman–Crippen MR) is 107 cm³/mol. The monoisotopic (exact) mass is 364 g/mol. The molecule has 3 aromatic rings. The smallest absolute Gasteiger partial charge is 0.251 e. The van der Waals surface area contributed by atoms with Gasteiger partial charge in [-0.15, -0.1) is 0 Å². The number of fused-ring (bicyclic) bond motifs is 1. The van der Waals surface area contributed by atoms with E-state index in [2.05, 4.69) is 10.6 Å². The summed E-state index contributed by atoms with van der Waals surface area (Å²) in [7, 11) is 0. The number of anilines is 1. The van der Waals surface area contributed by atoms with Crippen molar-refractivity contribution >= 4 is 28.5 Å². The van der Waals surface area contributed by atoms with Crippen molar-refractivity contribution in [3.8, 4) is 0 Å². The number of hydrogen-bond acceptors (Lipinski definition) is 3. The SMILES string of the molecule is CCCNC(=O)c1ccc(NC(=O)Cc2coc3c(C)c(C)ccc23)cc1. The zero-order valence-corrected chi connectivity index (χ0v) is 15.9. The number of rotatable bonds is 6. The highest BCUT2D eigenvalue weighted by atomic mass is 16.3. The largest absolute Gasteiger partial charge is 0.464 e. The van der Waals surface area contributed by atoms with Crippen LogP contribution in [0.1, 0.15) is 40.4 Å². The molecule has 140 valence electrons. The zero-order chi connectivity index (χ0) is 19.4. The van der Waals surface area contributed by atoms with Gasteiger partial charge in [-0.25, -0.2) is 0 Å². The van der Waals surface area contributed by atoms with Crippen molar-refractivity contribution in [2.75, 3.05) is 11.9 Å². The molecule has 3 rings (SSSR count). The van der Waals surface area contributed by atoms with Gasteiger partial charge in [-0.2, -0.15) is 0 Å². The predicted octanol–water partition coefficient (Wildman–Crippen LogP) is 4.37. The molecule has 0 spiro atoms. The Kier molecular flexibility index (Phi) is 5.60. The number of benzene rings is 2. The second kappa shape index (κ2) is 8.08. The van der Waals surface area contributed by atoms with Gasteiger partial charge in [-0.05, 0) is 55.7 Å². The molecule has 5 nitrogen and oxygen atoms in total. The molecule has 0 bridgehead atoms. The van der Waals surface area contributed by atoms with Crippen LogP contribution in [0.3, 0.4) is 0 Å². The fourth-order valence-corrected chi connectivity index (χ4v) is 2.95. The Bertz CT molecular complexity index is 971. The quantitative estimate of drug-likeness (QED) is 0.682. The normalized spacial score (nSPS) is 10.8. The van der Waals surface area contributed by atoms with Gasteiger partial charge in [-0.3, -0.25) is 9.59 Å². The molecule has 0 unspecified atom stereocenters. The molecule has 2 amide bonds. The van der Waals surface area contributed by atoms with E-state index in [0.29, 0.717) is 17.8 Å². The third-order valence-electron chi connectivity index (χ3n) is 4.66. The highest BCUT2D eigenvalue weighted by molar-refractivity contribution is 5.97. The Hall–Kier alpha value is -3.08. The highest BCUT2D eigenvalue weighted by Gasteiger charge is 2.13. The molecule has 0 fully saturated rings. The van der Waals surface area contributed by atoms with Crippen molar-refractivity contribution in [2.45, 2.75) is 33.6 Å². The first-order chi connectivity index (χ1) is 13.0. The molecule has 0 saturated heterocycles. The van der Waals surface area contributed by atoms with Crippen molar-refractivity contribution in [3.05, 3.63) is 64.9 Å². The maximum absolute atomic E-state index is 12.4. The van der Waals surface area contributed by atoms with Gasteiger partial charge in [0.25, 0.3) is 5.91 Å². The highest BCUT2D eigenvalue weighted by Crippen LogP contribution is 2.27. The Balaban J connectivity index is 1.66. The number of furan rings is 1. The van der Waals surface area contributed by atoms with Gasteiger partial charge in [0.2, 0.25) is 5.91 Å². The van der Waals surface area contributed by atoms with Crippen LogP contribution in [0.5, 0.6) is 0 Å². The summed E-state index contributed by atoms with van der Waals surface area (Å²) < 4.78 is 5.66. The van der Waals surface area contributed by atoms with Crippen LogP contribution in [0, 0.1) is 13.8 Å². The van der Waals surface area contributed by atoms with Crippen molar-refractivity contribution in [2.24, 2.45) is 0 Å². The van der Waals surface area contributed by atoms with Crippen LogP contribution in [0.25, 0.3) is 11.0 Å². The number of carbonyl (C=O) groups is 2. The summed E-state index contributed by atoms with van der Waals surface area (Å²) in [5.41, 5.74) is 5.19. The topological polar surface area (TPSA) is 71.3 Å². The lowest BCUT2D eigenvalue weighted by atomic mass is 10.0. The Morgan fingerprint density at radius 2 is 1.78 bits per heavy atom. The van der Waals surface area contributed by atoms with Crippen LogP contribution in [0.15, 0.2) is 47.1 Å². The van der Waals surface area contributed by atoms with E-state index in [9.17, 15) is 9.59 Å². The molecular formula is C22H24N2O3. The van der Waals surface area contributed by atoms with Gasteiger partial charge in [0, 0.05) is 28.7 Å².